The Kier molecular flexibility index (Phi) is 3.24. The van der Waals surface area contributed by atoms with Crippen LogP contribution in [0.4, 0.5) is 0 Å². The number of ether oxygens (including phenoxy) is 1. The van der Waals surface area contributed by atoms with Crippen molar-refractivity contribution in [3.63, 3.8) is 0 Å². The van der Waals surface area contributed by atoms with Gasteiger partial charge in [0.1, 0.15) is 0 Å². The van der Waals surface area contributed by atoms with Crippen LogP contribution in [0.25, 0.3) is 11.1 Å². The number of hydrogen-bond donors (Lipinski definition) is 0. The molecule has 2 heteroatoms. The molecule has 0 saturated carbocycles. The minimum absolute atomic E-state index is 0.676. The van der Waals surface area contributed by atoms with Crippen LogP contribution in [0.3, 0.4) is 0 Å². The van der Waals surface area contributed by atoms with Gasteiger partial charge in [-0.25, -0.2) is 4.98 Å². The molecule has 0 bridgehead atoms. The fourth-order valence-electron chi connectivity index (χ4n) is 3.01. The Morgan fingerprint density at radius 2 is 1.95 bits per heavy atom. The highest BCUT2D eigenvalue weighted by Crippen LogP contribution is 2.32. The van der Waals surface area contributed by atoms with Gasteiger partial charge in [0.2, 0.25) is 5.88 Å². The summed E-state index contributed by atoms with van der Waals surface area (Å²) in [4.78, 5) is 4.18. The second-order valence-electron chi connectivity index (χ2n) is 5.17. The Balaban J connectivity index is 2.09. The average molecular weight is 253 g/mol. The normalized spacial score (nSPS) is 14.0. The summed E-state index contributed by atoms with van der Waals surface area (Å²) in [6.07, 6.45) is 6.91. The number of aryl methyl sites for hydroxylation is 1. The predicted octanol–water partition coefficient (Wildman–Crippen LogP) is 3.94. The maximum Gasteiger partial charge on any atom is 0.213 e. The first kappa shape index (κ1) is 12.2. The third kappa shape index (κ3) is 2.23. The third-order valence-electron chi connectivity index (χ3n) is 4.07. The summed E-state index contributed by atoms with van der Waals surface area (Å²) in [5, 5.41) is 0. The molecule has 1 aliphatic carbocycles. The SMILES string of the molecule is COc1cc(-c2ccc3c(c2C)CCCC3)ccn1. The van der Waals surface area contributed by atoms with Crippen LogP contribution in [-0.4, -0.2) is 12.1 Å². The summed E-state index contributed by atoms with van der Waals surface area (Å²) in [5.41, 5.74) is 7.01. The zero-order valence-corrected chi connectivity index (χ0v) is 11.6. The van der Waals surface area contributed by atoms with E-state index in [1.165, 1.54) is 47.9 Å². The van der Waals surface area contributed by atoms with Crippen LogP contribution in [-0.2, 0) is 12.8 Å². The molecule has 3 rings (SSSR count). The number of benzene rings is 1. The van der Waals surface area contributed by atoms with E-state index in [4.69, 9.17) is 4.74 Å². The molecular weight excluding hydrogens is 234 g/mol. The van der Waals surface area contributed by atoms with Gasteiger partial charge in [-0.3, -0.25) is 0 Å². The van der Waals surface area contributed by atoms with Crippen molar-refractivity contribution >= 4 is 0 Å². The van der Waals surface area contributed by atoms with E-state index in [9.17, 15) is 0 Å². The van der Waals surface area contributed by atoms with Crippen LogP contribution < -0.4 is 4.74 Å². The summed E-state index contributed by atoms with van der Waals surface area (Å²) >= 11 is 0. The molecule has 98 valence electrons. The van der Waals surface area contributed by atoms with Crippen molar-refractivity contribution in [3.8, 4) is 17.0 Å². The van der Waals surface area contributed by atoms with E-state index in [1.54, 1.807) is 12.7 Å². The Bertz CT molecular complexity index is 604. The standard InChI is InChI=1S/C17H19NO/c1-12-15-6-4-3-5-13(15)7-8-16(12)14-9-10-18-17(11-14)19-2/h7-11H,3-6H2,1-2H3. The molecular formula is C17H19NO. The van der Waals surface area contributed by atoms with E-state index < -0.39 is 0 Å². The van der Waals surface area contributed by atoms with Gasteiger partial charge in [-0.1, -0.05) is 12.1 Å². The van der Waals surface area contributed by atoms with Crippen LogP contribution in [0.15, 0.2) is 30.5 Å². The fourth-order valence-corrected chi connectivity index (χ4v) is 3.01. The van der Waals surface area contributed by atoms with Crippen LogP contribution in [0.2, 0.25) is 0 Å². The minimum Gasteiger partial charge on any atom is -0.481 e. The summed E-state index contributed by atoms with van der Waals surface area (Å²) in [6, 6.07) is 8.61. The van der Waals surface area contributed by atoms with Crippen molar-refractivity contribution in [3.05, 3.63) is 47.2 Å². The second kappa shape index (κ2) is 5.04. The highest BCUT2D eigenvalue weighted by atomic mass is 16.5. The first-order chi connectivity index (χ1) is 9.29. The van der Waals surface area contributed by atoms with Crippen molar-refractivity contribution in [2.45, 2.75) is 32.6 Å². The summed E-state index contributed by atoms with van der Waals surface area (Å²) < 4.78 is 5.22. The van der Waals surface area contributed by atoms with Crippen molar-refractivity contribution < 1.29 is 4.74 Å². The van der Waals surface area contributed by atoms with Gasteiger partial charge < -0.3 is 4.74 Å². The molecule has 0 fully saturated rings. The molecule has 0 radical (unpaired) electrons. The lowest BCUT2D eigenvalue weighted by atomic mass is 9.85. The van der Waals surface area contributed by atoms with Crippen LogP contribution >= 0.6 is 0 Å². The predicted molar refractivity (Wildman–Crippen MR) is 77.6 cm³/mol. The van der Waals surface area contributed by atoms with Crippen LogP contribution in [0.5, 0.6) is 5.88 Å². The van der Waals surface area contributed by atoms with Gasteiger partial charge in [-0.2, -0.15) is 0 Å². The Hall–Kier alpha value is -1.83. The number of aromatic nitrogens is 1. The van der Waals surface area contributed by atoms with Gasteiger partial charge in [-0.05, 0) is 66.5 Å². The zero-order chi connectivity index (χ0) is 13.2. The monoisotopic (exact) mass is 253 g/mol. The van der Waals surface area contributed by atoms with Crippen molar-refractivity contribution in [2.24, 2.45) is 0 Å². The molecule has 19 heavy (non-hydrogen) atoms. The molecule has 1 aromatic heterocycles. The first-order valence-electron chi connectivity index (χ1n) is 6.91. The van der Waals surface area contributed by atoms with Crippen LogP contribution in [0.1, 0.15) is 29.5 Å². The summed E-state index contributed by atoms with van der Waals surface area (Å²) in [7, 11) is 1.66. The summed E-state index contributed by atoms with van der Waals surface area (Å²) in [6.45, 7) is 2.24. The van der Waals surface area contributed by atoms with E-state index in [0.717, 1.165) is 0 Å². The number of rotatable bonds is 2. The number of nitrogens with zero attached hydrogens (tertiary/aromatic N) is 1. The highest BCUT2D eigenvalue weighted by Gasteiger charge is 2.14. The number of methoxy groups -OCH3 is 1. The van der Waals surface area contributed by atoms with Crippen LogP contribution in [0, 0.1) is 6.92 Å². The molecule has 0 unspecified atom stereocenters. The van der Waals surface area contributed by atoms with E-state index in [1.807, 2.05) is 12.3 Å². The lowest BCUT2D eigenvalue weighted by Crippen LogP contribution is -2.05. The molecule has 2 aromatic rings. The number of fused-ring (bicyclic) bond motifs is 1. The quantitative estimate of drug-likeness (QED) is 0.808. The van der Waals surface area contributed by atoms with E-state index in [0.29, 0.717) is 5.88 Å². The molecule has 0 N–H and O–H groups in total. The molecule has 0 spiro atoms. The lowest BCUT2D eigenvalue weighted by Gasteiger charge is -2.20. The second-order valence-corrected chi connectivity index (χ2v) is 5.17. The Labute approximate surface area is 114 Å². The van der Waals surface area contributed by atoms with Gasteiger partial charge in [0.15, 0.2) is 0 Å². The lowest BCUT2D eigenvalue weighted by molar-refractivity contribution is 0.398. The van der Waals surface area contributed by atoms with Gasteiger partial charge >= 0.3 is 0 Å². The van der Waals surface area contributed by atoms with E-state index in [-0.39, 0.29) is 0 Å². The maximum atomic E-state index is 5.22. The minimum atomic E-state index is 0.676. The molecule has 0 saturated heterocycles. The van der Waals surface area contributed by atoms with Crippen molar-refractivity contribution in [1.29, 1.82) is 0 Å². The first-order valence-corrected chi connectivity index (χ1v) is 6.91. The largest absolute Gasteiger partial charge is 0.481 e. The smallest absolute Gasteiger partial charge is 0.213 e. The van der Waals surface area contributed by atoms with Crippen molar-refractivity contribution in [2.75, 3.05) is 7.11 Å². The van der Waals surface area contributed by atoms with Gasteiger partial charge in [0.25, 0.3) is 0 Å². The fraction of sp³-hybridized carbons (Fsp3) is 0.353. The average Bonchev–Trinajstić information content (AvgIpc) is 2.48. The van der Waals surface area contributed by atoms with E-state index >= 15 is 0 Å². The number of hydrogen-bond acceptors (Lipinski definition) is 2. The zero-order valence-electron chi connectivity index (χ0n) is 11.6. The Morgan fingerprint density at radius 3 is 2.79 bits per heavy atom. The molecule has 2 nitrogen and oxygen atoms in total. The topological polar surface area (TPSA) is 22.1 Å². The summed E-state index contributed by atoms with van der Waals surface area (Å²) in [5.74, 6) is 0.676. The van der Waals surface area contributed by atoms with E-state index in [2.05, 4.69) is 30.1 Å². The van der Waals surface area contributed by atoms with Crippen molar-refractivity contribution in [1.82, 2.24) is 4.98 Å². The van der Waals surface area contributed by atoms with Gasteiger partial charge in [0, 0.05) is 12.3 Å². The molecule has 1 aliphatic rings. The number of pyridine rings is 1. The maximum absolute atomic E-state index is 5.22. The molecule has 1 heterocycles. The molecule has 0 atom stereocenters. The molecule has 0 aliphatic heterocycles. The highest BCUT2D eigenvalue weighted by molar-refractivity contribution is 5.70. The third-order valence-corrected chi connectivity index (χ3v) is 4.07. The Morgan fingerprint density at radius 1 is 1.11 bits per heavy atom. The molecule has 0 amide bonds. The van der Waals surface area contributed by atoms with Gasteiger partial charge in [0.05, 0.1) is 7.11 Å². The molecule has 1 aromatic carbocycles. The van der Waals surface area contributed by atoms with Gasteiger partial charge in [-0.15, -0.1) is 0 Å².